The fourth-order valence-corrected chi connectivity index (χ4v) is 3.04. The number of pyridine rings is 1. The molecule has 0 amide bonds. The van der Waals surface area contributed by atoms with Gasteiger partial charge in [-0.1, -0.05) is 29.8 Å². The van der Waals surface area contributed by atoms with Gasteiger partial charge in [0.2, 0.25) is 0 Å². The largest absolute Gasteiger partial charge is 0.248 e. The van der Waals surface area contributed by atoms with Gasteiger partial charge >= 0.3 is 0 Å². The first-order valence-electron chi connectivity index (χ1n) is 7.73. The summed E-state index contributed by atoms with van der Waals surface area (Å²) in [5, 5.41) is 1.32. The summed E-state index contributed by atoms with van der Waals surface area (Å²) in [4.78, 5) is 4.63. The van der Waals surface area contributed by atoms with Crippen LogP contribution in [0.1, 0.15) is 0 Å². The van der Waals surface area contributed by atoms with Gasteiger partial charge in [-0.25, -0.2) is 13.8 Å². The van der Waals surface area contributed by atoms with E-state index in [9.17, 15) is 8.78 Å². The second kappa shape index (κ2) is 7.40. The van der Waals surface area contributed by atoms with Crippen molar-refractivity contribution in [1.29, 1.82) is 0 Å². The van der Waals surface area contributed by atoms with E-state index in [0.29, 0.717) is 27.4 Å². The number of aromatic nitrogens is 1. The number of hydrogen-bond donors (Lipinski definition) is 0. The predicted molar refractivity (Wildman–Crippen MR) is 105 cm³/mol. The van der Waals surface area contributed by atoms with Crippen LogP contribution in [0, 0.1) is 11.6 Å². The topological polar surface area (TPSA) is 12.9 Å². The predicted octanol–water partition coefficient (Wildman–Crippen LogP) is 6.92. The molecule has 4 rings (SSSR count). The molecule has 0 fully saturated rings. The highest BCUT2D eigenvalue weighted by Crippen LogP contribution is 2.34. The third kappa shape index (κ3) is 3.41. The molecule has 1 aromatic heterocycles. The molecule has 0 saturated carbocycles. The summed E-state index contributed by atoms with van der Waals surface area (Å²) in [6.07, 6.45) is 0. The van der Waals surface area contributed by atoms with E-state index in [4.69, 9.17) is 11.6 Å². The van der Waals surface area contributed by atoms with Gasteiger partial charge in [0.1, 0.15) is 11.6 Å². The molecular weight excluding hydrogens is 375 g/mol. The standard InChI is InChI=1S/C21H12ClF2N.ClH/c22-14-7-10-20-18(11-14)17(16-3-1-2-4-19(16)24)12-21(25-20)13-5-8-15(23)9-6-13;/h1-12H;1H. The average molecular weight is 388 g/mol. The average Bonchev–Trinajstić information content (AvgIpc) is 2.62. The van der Waals surface area contributed by atoms with E-state index in [1.165, 1.54) is 18.2 Å². The molecular formula is C21H13Cl2F2N. The highest BCUT2D eigenvalue weighted by atomic mass is 35.5. The van der Waals surface area contributed by atoms with Crippen LogP contribution in [0.4, 0.5) is 8.78 Å². The fraction of sp³-hybridized carbons (Fsp3) is 0. The van der Waals surface area contributed by atoms with Crippen molar-refractivity contribution in [3.8, 4) is 22.4 Å². The number of benzene rings is 3. The smallest absolute Gasteiger partial charge is 0.131 e. The van der Waals surface area contributed by atoms with Gasteiger partial charge in [-0.05, 0) is 60.2 Å². The summed E-state index contributed by atoms with van der Waals surface area (Å²) in [6, 6.07) is 19.8. The van der Waals surface area contributed by atoms with E-state index in [1.54, 1.807) is 48.5 Å². The second-order valence-electron chi connectivity index (χ2n) is 5.70. The van der Waals surface area contributed by atoms with Gasteiger partial charge in [0.15, 0.2) is 0 Å². The Morgan fingerprint density at radius 1 is 0.769 bits per heavy atom. The molecule has 0 unspecified atom stereocenters. The van der Waals surface area contributed by atoms with Crippen LogP contribution in [-0.2, 0) is 0 Å². The Morgan fingerprint density at radius 2 is 1.50 bits per heavy atom. The van der Waals surface area contributed by atoms with Crippen LogP contribution in [0.5, 0.6) is 0 Å². The zero-order chi connectivity index (χ0) is 17.4. The van der Waals surface area contributed by atoms with Gasteiger partial charge in [0, 0.05) is 21.5 Å². The van der Waals surface area contributed by atoms with E-state index in [1.807, 2.05) is 6.07 Å². The summed E-state index contributed by atoms with van der Waals surface area (Å²) < 4.78 is 27.6. The third-order valence-corrected chi connectivity index (χ3v) is 4.31. The first-order valence-corrected chi connectivity index (χ1v) is 8.11. The molecule has 1 nitrogen and oxygen atoms in total. The van der Waals surface area contributed by atoms with Crippen molar-refractivity contribution >= 4 is 34.9 Å². The van der Waals surface area contributed by atoms with Crippen LogP contribution in [0.25, 0.3) is 33.3 Å². The lowest BCUT2D eigenvalue weighted by atomic mass is 9.98. The number of fused-ring (bicyclic) bond motifs is 1. The Bertz CT molecular complexity index is 1080. The van der Waals surface area contributed by atoms with Gasteiger partial charge in [-0.2, -0.15) is 0 Å². The molecule has 130 valence electrons. The van der Waals surface area contributed by atoms with Crippen LogP contribution in [0.15, 0.2) is 72.8 Å². The number of halogens is 4. The van der Waals surface area contributed by atoms with Gasteiger partial charge in [-0.15, -0.1) is 12.4 Å². The Kier molecular flexibility index (Phi) is 5.21. The van der Waals surface area contributed by atoms with E-state index in [2.05, 4.69) is 4.98 Å². The molecule has 26 heavy (non-hydrogen) atoms. The Balaban J connectivity index is 0.00000196. The van der Waals surface area contributed by atoms with Crippen molar-refractivity contribution in [2.45, 2.75) is 0 Å². The lowest BCUT2D eigenvalue weighted by molar-refractivity contribution is 0.628. The normalized spacial score (nSPS) is 10.6. The van der Waals surface area contributed by atoms with Gasteiger partial charge < -0.3 is 0 Å². The molecule has 0 spiro atoms. The number of rotatable bonds is 2. The maximum atomic E-state index is 14.4. The van der Waals surface area contributed by atoms with Crippen LogP contribution in [0.2, 0.25) is 5.02 Å². The minimum absolute atomic E-state index is 0. The molecule has 3 aromatic carbocycles. The molecule has 0 bridgehead atoms. The molecule has 4 aromatic rings. The van der Waals surface area contributed by atoms with Crippen molar-refractivity contribution in [3.05, 3.63) is 89.5 Å². The summed E-state index contributed by atoms with van der Waals surface area (Å²) in [7, 11) is 0. The summed E-state index contributed by atoms with van der Waals surface area (Å²) >= 11 is 6.13. The molecule has 0 aliphatic heterocycles. The van der Waals surface area contributed by atoms with Crippen molar-refractivity contribution in [1.82, 2.24) is 4.98 Å². The Labute approximate surface area is 160 Å². The van der Waals surface area contributed by atoms with E-state index in [0.717, 1.165) is 10.9 Å². The highest BCUT2D eigenvalue weighted by molar-refractivity contribution is 6.31. The van der Waals surface area contributed by atoms with Gasteiger partial charge in [-0.3, -0.25) is 0 Å². The monoisotopic (exact) mass is 387 g/mol. The zero-order valence-corrected chi connectivity index (χ0v) is 15.0. The van der Waals surface area contributed by atoms with E-state index < -0.39 is 0 Å². The Hall–Kier alpha value is -2.49. The van der Waals surface area contributed by atoms with Crippen molar-refractivity contribution in [3.63, 3.8) is 0 Å². The molecule has 1 heterocycles. The fourth-order valence-electron chi connectivity index (χ4n) is 2.87. The maximum absolute atomic E-state index is 14.4. The van der Waals surface area contributed by atoms with Crippen LogP contribution >= 0.6 is 24.0 Å². The number of hydrogen-bond acceptors (Lipinski definition) is 1. The molecule has 0 saturated heterocycles. The quantitative estimate of drug-likeness (QED) is 0.363. The van der Waals surface area contributed by atoms with Crippen LogP contribution < -0.4 is 0 Å². The minimum Gasteiger partial charge on any atom is -0.248 e. The summed E-state index contributed by atoms with van der Waals surface area (Å²) in [5.41, 5.74) is 3.28. The lowest BCUT2D eigenvalue weighted by Gasteiger charge is -2.11. The zero-order valence-electron chi connectivity index (χ0n) is 13.4. The molecule has 0 aliphatic carbocycles. The first-order chi connectivity index (χ1) is 12.1. The van der Waals surface area contributed by atoms with E-state index >= 15 is 0 Å². The SMILES string of the molecule is Cl.Fc1ccc(-c2cc(-c3ccccc3F)c3cc(Cl)ccc3n2)cc1. The summed E-state index contributed by atoms with van der Waals surface area (Å²) in [5.74, 6) is -0.634. The Morgan fingerprint density at radius 3 is 2.23 bits per heavy atom. The van der Waals surface area contributed by atoms with Crippen molar-refractivity contribution in [2.24, 2.45) is 0 Å². The molecule has 0 radical (unpaired) electrons. The molecule has 0 aliphatic rings. The first kappa shape index (κ1) is 18.3. The van der Waals surface area contributed by atoms with Crippen LogP contribution in [-0.4, -0.2) is 4.98 Å². The highest BCUT2D eigenvalue weighted by Gasteiger charge is 2.13. The van der Waals surface area contributed by atoms with Crippen molar-refractivity contribution in [2.75, 3.05) is 0 Å². The van der Waals surface area contributed by atoms with Crippen LogP contribution in [0.3, 0.4) is 0 Å². The molecule has 0 atom stereocenters. The summed E-state index contributed by atoms with van der Waals surface area (Å²) in [6.45, 7) is 0. The number of nitrogens with zero attached hydrogens (tertiary/aromatic N) is 1. The molecule has 0 N–H and O–H groups in total. The van der Waals surface area contributed by atoms with Crippen molar-refractivity contribution < 1.29 is 8.78 Å². The van der Waals surface area contributed by atoms with E-state index in [-0.39, 0.29) is 24.0 Å². The van der Waals surface area contributed by atoms with Gasteiger partial charge in [0.05, 0.1) is 11.2 Å². The maximum Gasteiger partial charge on any atom is 0.131 e. The third-order valence-electron chi connectivity index (χ3n) is 4.07. The second-order valence-corrected chi connectivity index (χ2v) is 6.14. The lowest BCUT2D eigenvalue weighted by Crippen LogP contribution is -1.92. The minimum atomic E-state index is -0.319. The molecule has 5 heteroatoms. The van der Waals surface area contributed by atoms with Gasteiger partial charge in [0.25, 0.3) is 0 Å².